The Balaban J connectivity index is 1.40. The molecule has 1 aromatic carbocycles. The number of hydrogen-bond donors (Lipinski definition) is 1. The molecule has 2 fully saturated rings. The molecule has 0 spiro atoms. The van der Waals surface area contributed by atoms with Gasteiger partial charge in [-0.1, -0.05) is 6.07 Å². The predicted octanol–water partition coefficient (Wildman–Crippen LogP) is 2.73. The van der Waals surface area contributed by atoms with Crippen LogP contribution in [0.1, 0.15) is 54.6 Å². The van der Waals surface area contributed by atoms with Crippen molar-refractivity contribution < 1.29 is 14.4 Å². The zero-order valence-electron chi connectivity index (χ0n) is 19.4. The molecular weight excluding hydrogens is 430 g/mol. The summed E-state index contributed by atoms with van der Waals surface area (Å²) in [4.78, 5) is 49.4. The quantitative estimate of drug-likeness (QED) is 0.740. The largest absolute Gasteiger partial charge is 0.358 e. The molecular formula is C26H31N5O3. The first-order chi connectivity index (χ1) is 16.6. The van der Waals surface area contributed by atoms with E-state index in [9.17, 15) is 14.4 Å². The summed E-state index contributed by atoms with van der Waals surface area (Å²) in [5.41, 5.74) is 2.91. The zero-order chi connectivity index (χ0) is 23.5. The van der Waals surface area contributed by atoms with Crippen molar-refractivity contribution in [3.63, 3.8) is 0 Å². The van der Waals surface area contributed by atoms with Crippen molar-refractivity contribution in [2.24, 2.45) is 0 Å². The first kappa shape index (κ1) is 22.4. The van der Waals surface area contributed by atoms with Crippen LogP contribution in [0, 0.1) is 0 Å². The molecule has 3 amide bonds. The van der Waals surface area contributed by atoms with Crippen LogP contribution in [0.3, 0.4) is 0 Å². The number of benzene rings is 1. The lowest BCUT2D eigenvalue weighted by atomic mass is 9.95. The number of piperidine rings is 2. The fraction of sp³-hybridized carbons (Fsp3) is 0.462. The fourth-order valence-corrected chi connectivity index (χ4v) is 5.22. The third-order valence-electron chi connectivity index (χ3n) is 7.01. The molecule has 3 aliphatic heterocycles. The van der Waals surface area contributed by atoms with Gasteiger partial charge in [0.25, 0.3) is 5.91 Å². The van der Waals surface area contributed by atoms with E-state index in [0.29, 0.717) is 17.8 Å². The van der Waals surface area contributed by atoms with E-state index >= 15 is 0 Å². The van der Waals surface area contributed by atoms with Crippen LogP contribution in [-0.2, 0) is 16.1 Å². The summed E-state index contributed by atoms with van der Waals surface area (Å²) in [6.45, 7) is 2.57. The number of likely N-dealkylation sites (tertiary alicyclic amines) is 1. The molecule has 0 aliphatic carbocycles. The van der Waals surface area contributed by atoms with Crippen LogP contribution in [0.2, 0.25) is 0 Å². The third-order valence-corrected chi connectivity index (χ3v) is 7.01. The molecule has 1 unspecified atom stereocenters. The van der Waals surface area contributed by atoms with E-state index in [1.54, 1.807) is 17.2 Å². The molecule has 1 aromatic heterocycles. The Labute approximate surface area is 199 Å². The number of pyridine rings is 1. The summed E-state index contributed by atoms with van der Waals surface area (Å²) in [5, 5.41) is 2.87. The van der Waals surface area contributed by atoms with E-state index in [-0.39, 0.29) is 30.3 Å². The number of hydrogen-bond acceptors (Lipinski definition) is 5. The molecule has 0 saturated carbocycles. The maximum absolute atomic E-state index is 13.5. The van der Waals surface area contributed by atoms with E-state index in [1.165, 1.54) is 0 Å². The Kier molecular flexibility index (Phi) is 6.47. The van der Waals surface area contributed by atoms with Gasteiger partial charge in [-0.15, -0.1) is 0 Å². The van der Waals surface area contributed by atoms with Gasteiger partial charge in [0, 0.05) is 31.4 Å². The van der Waals surface area contributed by atoms with Gasteiger partial charge in [0.1, 0.15) is 12.6 Å². The molecule has 4 heterocycles. The number of carbonyl (C=O) groups excluding carboxylic acids is 3. The van der Waals surface area contributed by atoms with Crippen molar-refractivity contribution in [3.05, 3.63) is 53.9 Å². The van der Waals surface area contributed by atoms with Crippen LogP contribution in [0.25, 0.3) is 0 Å². The highest BCUT2D eigenvalue weighted by atomic mass is 16.2. The van der Waals surface area contributed by atoms with E-state index in [1.807, 2.05) is 35.2 Å². The predicted molar refractivity (Wildman–Crippen MR) is 130 cm³/mol. The smallest absolute Gasteiger partial charge is 0.253 e. The van der Waals surface area contributed by atoms with Crippen LogP contribution in [-0.4, -0.2) is 59.8 Å². The highest BCUT2D eigenvalue weighted by Crippen LogP contribution is 2.40. The topological polar surface area (TPSA) is 85.9 Å². The summed E-state index contributed by atoms with van der Waals surface area (Å²) in [7, 11) is 0. The molecule has 1 N–H and O–H groups in total. The number of aromatic nitrogens is 1. The van der Waals surface area contributed by atoms with E-state index in [4.69, 9.17) is 0 Å². The summed E-state index contributed by atoms with van der Waals surface area (Å²) in [5.74, 6) is -0.319. The Morgan fingerprint density at radius 1 is 0.971 bits per heavy atom. The highest BCUT2D eigenvalue weighted by molar-refractivity contribution is 6.09. The summed E-state index contributed by atoms with van der Waals surface area (Å²) >= 11 is 0. The van der Waals surface area contributed by atoms with Gasteiger partial charge in [-0.2, -0.15) is 0 Å². The summed E-state index contributed by atoms with van der Waals surface area (Å²) in [6, 6.07) is 10.9. The average molecular weight is 462 g/mol. The minimum Gasteiger partial charge on any atom is -0.358 e. The summed E-state index contributed by atoms with van der Waals surface area (Å²) < 4.78 is 0. The molecule has 2 saturated heterocycles. The number of anilines is 2. The van der Waals surface area contributed by atoms with Gasteiger partial charge in [0.15, 0.2) is 0 Å². The van der Waals surface area contributed by atoms with Crippen LogP contribution < -0.4 is 15.1 Å². The molecule has 8 heteroatoms. The van der Waals surface area contributed by atoms with E-state index < -0.39 is 0 Å². The molecule has 34 heavy (non-hydrogen) atoms. The molecule has 0 bridgehead atoms. The Morgan fingerprint density at radius 2 is 1.79 bits per heavy atom. The average Bonchev–Trinajstić information content (AvgIpc) is 2.90. The van der Waals surface area contributed by atoms with Gasteiger partial charge in [0.05, 0.1) is 23.6 Å². The maximum Gasteiger partial charge on any atom is 0.253 e. The molecule has 0 radical (unpaired) electrons. The van der Waals surface area contributed by atoms with Gasteiger partial charge in [-0.25, -0.2) is 0 Å². The number of carbonyl (C=O) groups is 3. The maximum atomic E-state index is 13.5. The van der Waals surface area contributed by atoms with Crippen molar-refractivity contribution in [1.82, 2.24) is 15.2 Å². The third kappa shape index (κ3) is 4.49. The minimum absolute atomic E-state index is 0.00438. The van der Waals surface area contributed by atoms with Crippen molar-refractivity contribution in [3.8, 4) is 0 Å². The number of nitrogens with zero attached hydrogens (tertiary/aromatic N) is 4. The number of fused-ring (bicyclic) bond motifs is 3. The van der Waals surface area contributed by atoms with Crippen molar-refractivity contribution in [2.45, 2.75) is 51.1 Å². The molecule has 5 rings (SSSR count). The molecule has 2 aromatic rings. The van der Waals surface area contributed by atoms with Gasteiger partial charge >= 0.3 is 0 Å². The van der Waals surface area contributed by atoms with Gasteiger partial charge in [-0.05, 0) is 68.9 Å². The zero-order valence-corrected chi connectivity index (χ0v) is 19.4. The molecule has 1 atom stereocenters. The first-order valence-corrected chi connectivity index (χ1v) is 12.3. The highest BCUT2D eigenvalue weighted by Gasteiger charge is 2.40. The number of nitrogens with one attached hydrogen (secondary N) is 1. The first-order valence-electron chi connectivity index (χ1n) is 12.3. The summed E-state index contributed by atoms with van der Waals surface area (Å²) in [6.07, 6.45) is 7.68. The van der Waals surface area contributed by atoms with Crippen LogP contribution in [0.5, 0.6) is 0 Å². The lowest BCUT2D eigenvalue weighted by Crippen LogP contribution is -2.57. The molecule has 3 aliphatic rings. The monoisotopic (exact) mass is 461 g/mol. The van der Waals surface area contributed by atoms with Crippen LogP contribution in [0.15, 0.2) is 42.6 Å². The van der Waals surface area contributed by atoms with E-state index in [0.717, 1.165) is 69.5 Å². The van der Waals surface area contributed by atoms with Gasteiger partial charge < -0.3 is 15.1 Å². The lowest BCUT2D eigenvalue weighted by Gasteiger charge is -2.45. The fourth-order valence-electron chi connectivity index (χ4n) is 5.22. The van der Waals surface area contributed by atoms with Gasteiger partial charge in [0.2, 0.25) is 11.8 Å². The van der Waals surface area contributed by atoms with Crippen LogP contribution in [0.4, 0.5) is 11.4 Å². The van der Waals surface area contributed by atoms with E-state index in [2.05, 4.69) is 15.2 Å². The van der Waals surface area contributed by atoms with Gasteiger partial charge in [-0.3, -0.25) is 24.3 Å². The normalized spacial score (nSPS) is 19.9. The second kappa shape index (κ2) is 9.83. The number of amides is 3. The standard InChI is InChI=1S/C26H31N5O3/c32-24(28-17-20-8-2-4-12-27-20)18-31-23-16-19(25(33)29-13-5-1-6-14-29)10-11-21(23)30-15-7-3-9-22(30)26(31)34/h2,4,8,10-12,16,22H,1,3,5-7,9,13-15,17-18H2,(H,28,32). The van der Waals surface area contributed by atoms with Crippen molar-refractivity contribution in [1.29, 1.82) is 0 Å². The Hall–Kier alpha value is -3.42. The Bertz CT molecular complexity index is 1070. The minimum atomic E-state index is -0.256. The molecule has 178 valence electrons. The lowest BCUT2D eigenvalue weighted by molar-refractivity contribution is -0.125. The van der Waals surface area contributed by atoms with Crippen LogP contribution >= 0.6 is 0 Å². The SMILES string of the molecule is O=C(CN1C(=O)C2CCCCN2c2ccc(C(=O)N3CCCCC3)cc21)NCc1ccccn1. The second-order valence-corrected chi connectivity index (χ2v) is 9.28. The van der Waals surface area contributed by atoms with Crippen molar-refractivity contribution in [2.75, 3.05) is 36.0 Å². The Morgan fingerprint density at radius 3 is 2.59 bits per heavy atom. The molecule has 8 nitrogen and oxygen atoms in total. The van der Waals surface area contributed by atoms with Crippen molar-refractivity contribution >= 4 is 29.1 Å². The second-order valence-electron chi connectivity index (χ2n) is 9.28. The number of rotatable bonds is 5.